The molecule has 0 unspecified atom stereocenters. The third-order valence-electron chi connectivity index (χ3n) is 2.37. The van der Waals surface area contributed by atoms with Crippen molar-refractivity contribution >= 4 is 38.5 Å². The summed E-state index contributed by atoms with van der Waals surface area (Å²) in [5.74, 6) is -0.759. The molecule has 1 aromatic carbocycles. The molecule has 0 aliphatic rings. The van der Waals surface area contributed by atoms with Crippen LogP contribution in [0.5, 0.6) is 0 Å². The van der Waals surface area contributed by atoms with Gasteiger partial charge in [-0.15, -0.1) is 0 Å². The van der Waals surface area contributed by atoms with E-state index >= 15 is 0 Å². The van der Waals surface area contributed by atoms with Crippen molar-refractivity contribution in [3.63, 3.8) is 0 Å². The molecule has 2 rings (SSSR count). The van der Waals surface area contributed by atoms with E-state index in [0.717, 1.165) is 0 Å². The second kappa shape index (κ2) is 4.69. The number of ether oxygens (including phenoxy) is 1. The van der Waals surface area contributed by atoms with Crippen molar-refractivity contribution in [1.82, 2.24) is 4.98 Å². The minimum absolute atomic E-state index is 0.111. The minimum Gasteiger partial charge on any atom is -0.465 e. The van der Waals surface area contributed by atoms with E-state index < -0.39 is 10.9 Å². The first-order valence-corrected chi connectivity index (χ1v) is 5.65. The van der Waals surface area contributed by atoms with Gasteiger partial charge < -0.3 is 4.74 Å². The Morgan fingerprint density at radius 3 is 2.78 bits per heavy atom. The highest BCUT2D eigenvalue weighted by Gasteiger charge is 2.22. The number of esters is 1. The summed E-state index contributed by atoms with van der Waals surface area (Å²) in [7, 11) is 1.17. The zero-order chi connectivity index (χ0) is 13.3. The summed E-state index contributed by atoms with van der Waals surface area (Å²) >= 11 is 3.20. The number of hydrogen-bond acceptors (Lipinski definition) is 5. The molecule has 0 aliphatic carbocycles. The molecule has 18 heavy (non-hydrogen) atoms. The van der Waals surface area contributed by atoms with Crippen molar-refractivity contribution in [2.75, 3.05) is 7.11 Å². The van der Waals surface area contributed by atoms with Crippen LogP contribution < -0.4 is 0 Å². The van der Waals surface area contributed by atoms with Gasteiger partial charge in [-0.2, -0.15) is 0 Å². The monoisotopic (exact) mass is 310 g/mol. The largest absolute Gasteiger partial charge is 0.465 e. The Hall–Kier alpha value is -2.02. The molecule has 0 N–H and O–H groups in total. The van der Waals surface area contributed by atoms with Gasteiger partial charge in [0.05, 0.1) is 17.5 Å². The molecule has 1 aromatic heterocycles. The lowest BCUT2D eigenvalue weighted by atomic mass is 10.1. The van der Waals surface area contributed by atoms with Gasteiger partial charge in [-0.25, -0.2) is 9.78 Å². The van der Waals surface area contributed by atoms with Gasteiger partial charge >= 0.3 is 5.97 Å². The highest BCUT2D eigenvalue weighted by Crippen LogP contribution is 2.26. The molecule has 6 nitrogen and oxygen atoms in total. The van der Waals surface area contributed by atoms with Gasteiger partial charge in [-0.1, -0.05) is 0 Å². The van der Waals surface area contributed by atoms with Crippen LogP contribution in [0.15, 0.2) is 28.9 Å². The second-order valence-corrected chi connectivity index (χ2v) is 4.26. The summed E-state index contributed by atoms with van der Waals surface area (Å²) in [6, 6.07) is 6.01. The number of aromatic nitrogens is 1. The van der Waals surface area contributed by atoms with Crippen LogP contribution in [0, 0.1) is 10.1 Å². The zero-order valence-electron chi connectivity index (χ0n) is 9.21. The van der Waals surface area contributed by atoms with Gasteiger partial charge in [0.15, 0.2) is 0 Å². The Bertz CT molecular complexity index is 657. The highest BCUT2D eigenvalue weighted by atomic mass is 79.9. The molecule has 0 spiro atoms. The average Bonchev–Trinajstić information content (AvgIpc) is 2.35. The lowest BCUT2D eigenvalue weighted by molar-refractivity contribution is -0.385. The van der Waals surface area contributed by atoms with Gasteiger partial charge in [0.1, 0.15) is 10.2 Å². The fourth-order valence-corrected chi connectivity index (χ4v) is 1.88. The standard InChI is InChI=1S/C11H7BrN2O4/c1-18-11(15)7-5-8-6(2-3-10(12)13-8)4-9(7)14(16)17/h2-5H,1H3. The fraction of sp³-hybridized carbons (Fsp3) is 0.0909. The lowest BCUT2D eigenvalue weighted by Gasteiger charge is -2.03. The predicted molar refractivity (Wildman–Crippen MR) is 67.4 cm³/mol. The SMILES string of the molecule is COC(=O)c1cc2nc(Br)ccc2cc1[N+](=O)[O-]. The molecule has 0 aliphatic heterocycles. The maximum atomic E-state index is 11.5. The molecule has 0 saturated heterocycles. The van der Waals surface area contributed by atoms with E-state index in [4.69, 9.17) is 0 Å². The van der Waals surface area contributed by atoms with Crippen LogP contribution in [0.2, 0.25) is 0 Å². The number of nitro groups is 1. The summed E-state index contributed by atoms with van der Waals surface area (Å²) in [5.41, 5.74) is 0.0782. The van der Waals surface area contributed by atoms with Crippen molar-refractivity contribution in [1.29, 1.82) is 0 Å². The van der Waals surface area contributed by atoms with Crippen LogP contribution in [-0.2, 0) is 4.74 Å². The Kier molecular flexibility index (Phi) is 3.24. The molecule has 0 bridgehead atoms. The number of methoxy groups -OCH3 is 1. The molecule has 0 amide bonds. The van der Waals surface area contributed by atoms with Crippen molar-refractivity contribution < 1.29 is 14.5 Å². The number of fused-ring (bicyclic) bond motifs is 1. The number of rotatable bonds is 2. The lowest BCUT2D eigenvalue weighted by Crippen LogP contribution is -2.06. The van der Waals surface area contributed by atoms with E-state index in [1.165, 1.54) is 19.2 Å². The smallest absolute Gasteiger partial charge is 0.344 e. The zero-order valence-corrected chi connectivity index (χ0v) is 10.8. The highest BCUT2D eigenvalue weighted by molar-refractivity contribution is 9.10. The maximum Gasteiger partial charge on any atom is 0.344 e. The molecular formula is C11H7BrN2O4. The summed E-state index contributed by atoms with van der Waals surface area (Å²) in [6.45, 7) is 0. The number of benzene rings is 1. The molecule has 1 heterocycles. The first-order chi connectivity index (χ1) is 8.52. The molecule has 92 valence electrons. The molecule has 7 heteroatoms. The van der Waals surface area contributed by atoms with Crippen molar-refractivity contribution in [3.8, 4) is 0 Å². The van der Waals surface area contributed by atoms with Gasteiger partial charge in [-0.05, 0) is 34.1 Å². The number of halogens is 1. The molecule has 0 radical (unpaired) electrons. The number of nitro benzene ring substituents is 1. The van der Waals surface area contributed by atoms with E-state index in [-0.39, 0.29) is 11.3 Å². The van der Waals surface area contributed by atoms with Crippen LogP contribution in [0.3, 0.4) is 0 Å². The summed E-state index contributed by atoms with van der Waals surface area (Å²) in [6.07, 6.45) is 0. The number of carbonyl (C=O) groups is 1. The van der Waals surface area contributed by atoms with Crippen molar-refractivity contribution in [3.05, 3.63) is 44.5 Å². The third kappa shape index (κ3) is 2.17. The Morgan fingerprint density at radius 2 is 2.17 bits per heavy atom. The Labute approximate surface area is 110 Å². The molecular weight excluding hydrogens is 304 g/mol. The summed E-state index contributed by atoms with van der Waals surface area (Å²) in [4.78, 5) is 25.9. The Balaban J connectivity index is 2.76. The molecule has 2 aromatic rings. The van der Waals surface area contributed by atoms with E-state index in [2.05, 4.69) is 25.7 Å². The predicted octanol–water partition coefficient (Wildman–Crippen LogP) is 2.69. The number of nitrogens with zero attached hydrogens (tertiary/aromatic N) is 2. The summed E-state index contributed by atoms with van der Waals surface area (Å²) in [5, 5.41) is 11.5. The van der Waals surface area contributed by atoms with E-state index in [0.29, 0.717) is 15.5 Å². The van der Waals surface area contributed by atoms with E-state index in [1.807, 2.05) is 0 Å². The minimum atomic E-state index is -0.759. The van der Waals surface area contributed by atoms with Crippen molar-refractivity contribution in [2.45, 2.75) is 0 Å². The van der Waals surface area contributed by atoms with Crippen molar-refractivity contribution in [2.24, 2.45) is 0 Å². The Morgan fingerprint density at radius 1 is 1.44 bits per heavy atom. The quantitative estimate of drug-likeness (QED) is 0.368. The van der Waals surface area contributed by atoms with Crippen LogP contribution in [0.1, 0.15) is 10.4 Å². The fourth-order valence-electron chi connectivity index (χ4n) is 1.56. The molecule has 0 saturated carbocycles. The second-order valence-electron chi connectivity index (χ2n) is 3.44. The normalized spacial score (nSPS) is 10.3. The third-order valence-corrected chi connectivity index (χ3v) is 2.82. The van der Waals surface area contributed by atoms with Crippen LogP contribution >= 0.6 is 15.9 Å². The van der Waals surface area contributed by atoms with E-state index in [9.17, 15) is 14.9 Å². The maximum absolute atomic E-state index is 11.5. The molecule has 0 fully saturated rings. The molecule has 0 atom stereocenters. The first kappa shape index (κ1) is 12.4. The summed E-state index contributed by atoms with van der Waals surface area (Å²) < 4.78 is 5.11. The van der Waals surface area contributed by atoms with Gasteiger partial charge in [0.25, 0.3) is 5.69 Å². The van der Waals surface area contributed by atoms with Gasteiger partial charge in [-0.3, -0.25) is 10.1 Å². The topological polar surface area (TPSA) is 82.3 Å². The number of hydrogen-bond donors (Lipinski definition) is 0. The number of carbonyl (C=O) groups excluding carboxylic acids is 1. The average molecular weight is 311 g/mol. The van der Waals surface area contributed by atoms with Crippen LogP contribution in [-0.4, -0.2) is 23.0 Å². The van der Waals surface area contributed by atoms with E-state index in [1.54, 1.807) is 12.1 Å². The van der Waals surface area contributed by atoms with Crippen LogP contribution in [0.25, 0.3) is 10.9 Å². The van der Waals surface area contributed by atoms with Gasteiger partial charge in [0.2, 0.25) is 0 Å². The number of pyridine rings is 1. The van der Waals surface area contributed by atoms with Crippen LogP contribution in [0.4, 0.5) is 5.69 Å². The first-order valence-electron chi connectivity index (χ1n) is 4.86. The van der Waals surface area contributed by atoms with Gasteiger partial charge in [0, 0.05) is 11.5 Å².